The Labute approximate surface area is 145 Å². The number of hydrogen-bond acceptors (Lipinski definition) is 4. The van der Waals surface area contributed by atoms with E-state index >= 15 is 0 Å². The second kappa shape index (κ2) is 9.02. The van der Waals surface area contributed by atoms with Gasteiger partial charge in [-0.15, -0.1) is 0 Å². The van der Waals surface area contributed by atoms with E-state index in [1.54, 1.807) is 30.3 Å². The van der Waals surface area contributed by atoms with Crippen molar-refractivity contribution in [3.05, 3.63) is 66.2 Å². The van der Waals surface area contributed by atoms with E-state index in [2.05, 4.69) is 10.6 Å². The molecule has 0 atom stereocenters. The van der Waals surface area contributed by atoms with Gasteiger partial charge in [-0.1, -0.05) is 36.4 Å². The molecule has 0 aliphatic carbocycles. The van der Waals surface area contributed by atoms with Crippen LogP contribution in [0.1, 0.15) is 12.5 Å². The predicted octanol–water partition coefficient (Wildman–Crippen LogP) is 2.84. The van der Waals surface area contributed by atoms with Crippen LogP contribution in [0.2, 0.25) is 0 Å². The van der Waals surface area contributed by atoms with Gasteiger partial charge < -0.3 is 15.4 Å². The molecule has 128 valence electrons. The third kappa shape index (κ3) is 6.70. The molecule has 0 saturated heterocycles. The number of anilines is 2. The SMILES string of the molecule is CC(=O)Nc1cccc(NC(=O)COC(=O)/C=C/c2ccccc2)c1. The van der Waals surface area contributed by atoms with Crippen molar-refractivity contribution in [2.45, 2.75) is 6.92 Å². The first-order valence-electron chi connectivity index (χ1n) is 7.60. The molecule has 2 aromatic carbocycles. The molecule has 2 N–H and O–H groups in total. The van der Waals surface area contributed by atoms with Crippen molar-refractivity contribution in [3.63, 3.8) is 0 Å². The molecule has 0 aromatic heterocycles. The molecule has 6 heteroatoms. The Balaban J connectivity index is 1.81. The van der Waals surface area contributed by atoms with Crippen LogP contribution in [0.4, 0.5) is 11.4 Å². The van der Waals surface area contributed by atoms with Crippen molar-refractivity contribution in [3.8, 4) is 0 Å². The molecular weight excluding hydrogens is 320 g/mol. The minimum absolute atomic E-state index is 0.206. The maximum absolute atomic E-state index is 11.8. The van der Waals surface area contributed by atoms with Gasteiger partial charge >= 0.3 is 5.97 Å². The molecule has 0 saturated carbocycles. The highest BCUT2D eigenvalue weighted by Crippen LogP contribution is 2.14. The minimum Gasteiger partial charge on any atom is -0.452 e. The van der Waals surface area contributed by atoms with E-state index in [0.717, 1.165) is 5.56 Å². The Kier molecular flexibility index (Phi) is 6.47. The zero-order valence-electron chi connectivity index (χ0n) is 13.7. The van der Waals surface area contributed by atoms with E-state index in [-0.39, 0.29) is 5.91 Å². The number of esters is 1. The van der Waals surface area contributed by atoms with E-state index in [4.69, 9.17) is 4.74 Å². The summed E-state index contributed by atoms with van der Waals surface area (Å²) < 4.78 is 4.89. The molecule has 0 aliphatic rings. The average Bonchev–Trinajstić information content (AvgIpc) is 2.59. The Morgan fingerprint density at radius 3 is 2.32 bits per heavy atom. The fourth-order valence-corrected chi connectivity index (χ4v) is 1.99. The Morgan fingerprint density at radius 2 is 1.64 bits per heavy atom. The number of carbonyl (C=O) groups excluding carboxylic acids is 3. The van der Waals surface area contributed by atoms with E-state index in [1.165, 1.54) is 13.0 Å². The smallest absolute Gasteiger partial charge is 0.331 e. The van der Waals surface area contributed by atoms with E-state index in [1.807, 2.05) is 30.3 Å². The quantitative estimate of drug-likeness (QED) is 0.626. The lowest BCUT2D eigenvalue weighted by Gasteiger charge is -2.08. The normalized spacial score (nSPS) is 10.3. The summed E-state index contributed by atoms with van der Waals surface area (Å²) in [5.41, 5.74) is 1.92. The van der Waals surface area contributed by atoms with Crippen molar-refractivity contribution in [2.75, 3.05) is 17.2 Å². The summed E-state index contributed by atoms with van der Waals surface area (Å²) in [5.74, 6) is -1.28. The van der Waals surface area contributed by atoms with Gasteiger partial charge in [0, 0.05) is 24.4 Å². The number of amides is 2. The summed E-state index contributed by atoms with van der Waals surface area (Å²) in [6, 6.07) is 15.9. The third-order valence-corrected chi connectivity index (χ3v) is 3.02. The highest BCUT2D eigenvalue weighted by molar-refractivity contribution is 5.95. The largest absolute Gasteiger partial charge is 0.452 e. The number of benzene rings is 2. The summed E-state index contributed by atoms with van der Waals surface area (Å²) in [6.07, 6.45) is 2.87. The van der Waals surface area contributed by atoms with Gasteiger partial charge in [0.2, 0.25) is 5.91 Å². The fourth-order valence-electron chi connectivity index (χ4n) is 1.99. The highest BCUT2D eigenvalue weighted by atomic mass is 16.5. The number of hydrogen-bond donors (Lipinski definition) is 2. The second-order valence-electron chi connectivity index (χ2n) is 5.16. The molecule has 2 rings (SSSR count). The molecule has 0 spiro atoms. The van der Waals surface area contributed by atoms with Crippen molar-refractivity contribution < 1.29 is 19.1 Å². The summed E-state index contributed by atoms with van der Waals surface area (Å²) in [4.78, 5) is 34.5. The number of nitrogens with one attached hydrogen (secondary N) is 2. The van der Waals surface area contributed by atoms with Gasteiger partial charge in [-0.25, -0.2) is 4.79 Å². The summed E-state index contributed by atoms with van der Waals surface area (Å²) >= 11 is 0. The maximum atomic E-state index is 11.8. The lowest BCUT2D eigenvalue weighted by atomic mass is 10.2. The van der Waals surface area contributed by atoms with E-state index in [9.17, 15) is 14.4 Å². The number of rotatable bonds is 6. The molecule has 0 unspecified atom stereocenters. The maximum Gasteiger partial charge on any atom is 0.331 e. The molecule has 0 fully saturated rings. The van der Waals surface area contributed by atoms with Crippen LogP contribution >= 0.6 is 0 Å². The molecule has 0 aliphatic heterocycles. The van der Waals surface area contributed by atoms with Crippen molar-refractivity contribution in [1.82, 2.24) is 0 Å². The summed E-state index contributed by atoms with van der Waals surface area (Å²) in [7, 11) is 0. The molecule has 2 amide bonds. The van der Waals surface area contributed by atoms with Crippen molar-refractivity contribution in [2.24, 2.45) is 0 Å². The summed E-state index contributed by atoms with van der Waals surface area (Å²) in [5, 5.41) is 5.21. The fraction of sp³-hybridized carbons (Fsp3) is 0.105. The lowest BCUT2D eigenvalue weighted by molar-refractivity contribution is -0.142. The highest BCUT2D eigenvalue weighted by Gasteiger charge is 2.06. The van der Waals surface area contributed by atoms with Crippen LogP contribution < -0.4 is 10.6 Å². The second-order valence-corrected chi connectivity index (χ2v) is 5.16. The molecule has 25 heavy (non-hydrogen) atoms. The van der Waals surface area contributed by atoms with Crippen molar-refractivity contribution >= 4 is 35.2 Å². The zero-order chi connectivity index (χ0) is 18.1. The zero-order valence-corrected chi connectivity index (χ0v) is 13.7. The van der Waals surface area contributed by atoms with Crippen molar-refractivity contribution in [1.29, 1.82) is 0 Å². The predicted molar refractivity (Wildman–Crippen MR) is 95.8 cm³/mol. The van der Waals surface area contributed by atoms with Gasteiger partial charge in [-0.05, 0) is 29.8 Å². The average molecular weight is 338 g/mol. The Morgan fingerprint density at radius 1 is 0.960 bits per heavy atom. The van der Waals surface area contributed by atoms with Crippen LogP contribution in [0.3, 0.4) is 0 Å². The molecule has 6 nitrogen and oxygen atoms in total. The summed E-state index contributed by atoms with van der Waals surface area (Å²) in [6.45, 7) is 0.996. The third-order valence-electron chi connectivity index (χ3n) is 3.02. The van der Waals surface area contributed by atoms with Gasteiger partial charge in [0.1, 0.15) is 0 Å². The van der Waals surface area contributed by atoms with Crippen LogP contribution in [0, 0.1) is 0 Å². The molecule has 0 heterocycles. The molecular formula is C19H18N2O4. The van der Waals surface area contributed by atoms with Crippen LogP contribution in [0.5, 0.6) is 0 Å². The first-order chi connectivity index (χ1) is 12.0. The van der Waals surface area contributed by atoms with Gasteiger partial charge in [-0.2, -0.15) is 0 Å². The van der Waals surface area contributed by atoms with Gasteiger partial charge in [-0.3, -0.25) is 9.59 Å². The standard InChI is InChI=1S/C19H18N2O4/c1-14(22)20-16-8-5-9-17(12-16)21-18(23)13-25-19(24)11-10-15-6-3-2-4-7-15/h2-12H,13H2,1H3,(H,20,22)(H,21,23)/b11-10+. The Bertz CT molecular complexity index is 785. The van der Waals surface area contributed by atoms with Crippen LogP contribution in [-0.2, 0) is 19.1 Å². The number of carbonyl (C=O) groups is 3. The van der Waals surface area contributed by atoms with Gasteiger partial charge in [0.25, 0.3) is 5.91 Å². The molecule has 2 aromatic rings. The lowest BCUT2D eigenvalue weighted by Crippen LogP contribution is -2.20. The van der Waals surface area contributed by atoms with Gasteiger partial charge in [0.05, 0.1) is 0 Å². The van der Waals surface area contributed by atoms with Crippen LogP contribution in [0.25, 0.3) is 6.08 Å². The molecule has 0 radical (unpaired) electrons. The molecule has 0 bridgehead atoms. The van der Waals surface area contributed by atoms with Gasteiger partial charge in [0.15, 0.2) is 6.61 Å². The van der Waals surface area contributed by atoms with E-state index < -0.39 is 18.5 Å². The monoisotopic (exact) mass is 338 g/mol. The Hall–Kier alpha value is -3.41. The first kappa shape index (κ1) is 17.9. The van der Waals surface area contributed by atoms with Crippen LogP contribution in [0.15, 0.2) is 60.7 Å². The number of ether oxygens (including phenoxy) is 1. The topological polar surface area (TPSA) is 84.5 Å². The minimum atomic E-state index is -0.606. The van der Waals surface area contributed by atoms with Crippen LogP contribution in [-0.4, -0.2) is 24.4 Å². The first-order valence-corrected chi connectivity index (χ1v) is 7.60. The van der Waals surface area contributed by atoms with E-state index in [0.29, 0.717) is 11.4 Å².